The zero-order valence-corrected chi connectivity index (χ0v) is 21.3. The fourth-order valence-corrected chi connectivity index (χ4v) is 5.01. The van der Waals surface area contributed by atoms with Gasteiger partial charge in [0.05, 0.1) is 11.6 Å². The first-order valence-corrected chi connectivity index (χ1v) is 13.0. The third-order valence-electron chi connectivity index (χ3n) is 6.88. The summed E-state index contributed by atoms with van der Waals surface area (Å²) in [6, 6.07) is 50.9. The van der Waals surface area contributed by atoms with Crippen LogP contribution in [0.5, 0.6) is 0 Å². The van der Waals surface area contributed by atoms with E-state index in [1.54, 1.807) is 6.08 Å². The van der Waals surface area contributed by atoms with Gasteiger partial charge in [0.25, 0.3) is 0 Å². The van der Waals surface area contributed by atoms with Crippen molar-refractivity contribution in [1.82, 2.24) is 5.32 Å². The predicted molar refractivity (Wildman–Crippen MR) is 157 cm³/mol. The summed E-state index contributed by atoms with van der Waals surface area (Å²) in [5.74, 6) is 0.0323. The van der Waals surface area contributed by atoms with E-state index in [2.05, 4.69) is 90.2 Å². The van der Waals surface area contributed by atoms with Crippen molar-refractivity contribution in [3.63, 3.8) is 0 Å². The third-order valence-corrected chi connectivity index (χ3v) is 6.88. The number of ketones is 1. The van der Waals surface area contributed by atoms with Crippen molar-refractivity contribution in [3.05, 3.63) is 186 Å². The molecule has 0 saturated heterocycles. The second-order valence-electron chi connectivity index (χ2n) is 9.38. The smallest absolute Gasteiger partial charge is 0.172 e. The van der Waals surface area contributed by atoms with Gasteiger partial charge in [-0.15, -0.1) is 0 Å². The minimum Gasteiger partial charge on any atom is -0.293 e. The highest BCUT2D eigenvalue weighted by Crippen LogP contribution is 2.37. The van der Waals surface area contributed by atoms with Crippen LogP contribution in [0.15, 0.2) is 158 Å². The van der Waals surface area contributed by atoms with Gasteiger partial charge in [0.2, 0.25) is 0 Å². The van der Waals surface area contributed by atoms with Gasteiger partial charge in [0.1, 0.15) is 0 Å². The fraction of sp³-hybridized carbons (Fsp3) is 0.0833. The molecule has 0 unspecified atom stereocenters. The molecule has 1 N–H and O–H groups in total. The van der Waals surface area contributed by atoms with Crippen LogP contribution in [0.3, 0.4) is 0 Å². The lowest BCUT2D eigenvalue weighted by Gasteiger charge is -2.39. The Balaban J connectivity index is 1.64. The van der Waals surface area contributed by atoms with Crippen LogP contribution in [0.2, 0.25) is 0 Å². The SMILES string of the molecule is O=C(C=Cc1ccccc1)[C@H](Cc1ccccc1)NC(c1ccccc1)(c1ccccc1)c1ccccc1. The number of benzene rings is 5. The average Bonchev–Trinajstić information content (AvgIpc) is 3.00. The summed E-state index contributed by atoms with van der Waals surface area (Å²) in [4.78, 5) is 13.9. The van der Waals surface area contributed by atoms with Crippen molar-refractivity contribution < 1.29 is 4.79 Å². The topological polar surface area (TPSA) is 29.1 Å². The van der Waals surface area contributed by atoms with Crippen molar-refractivity contribution in [2.45, 2.75) is 18.0 Å². The Bertz CT molecular complexity index is 1350. The summed E-state index contributed by atoms with van der Waals surface area (Å²) in [5.41, 5.74) is 4.61. The quantitative estimate of drug-likeness (QED) is 0.162. The highest BCUT2D eigenvalue weighted by atomic mass is 16.1. The Morgan fingerprint density at radius 3 is 1.42 bits per heavy atom. The van der Waals surface area contributed by atoms with Gasteiger partial charge in [-0.2, -0.15) is 0 Å². The number of carbonyl (C=O) groups excluding carboxylic acids is 1. The Labute approximate surface area is 225 Å². The summed E-state index contributed by atoms with van der Waals surface area (Å²) in [7, 11) is 0. The molecule has 0 aliphatic carbocycles. The summed E-state index contributed by atoms with van der Waals surface area (Å²) in [5, 5.41) is 3.90. The molecule has 0 aromatic heterocycles. The van der Waals surface area contributed by atoms with Crippen molar-refractivity contribution in [3.8, 4) is 0 Å². The summed E-state index contributed by atoms with van der Waals surface area (Å²) >= 11 is 0. The maximum absolute atomic E-state index is 13.9. The van der Waals surface area contributed by atoms with Crippen LogP contribution in [-0.4, -0.2) is 11.8 Å². The van der Waals surface area contributed by atoms with E-state index in [4.69, 9.17) is 0 Å². The van der Waals surface area contributed by atoms with E-state index in [1.165, 1.54) is 0 Å². The molecule has 2 nitrogen and oxygen atoms in total. The lowest BCUT2D eigenvalue weighted by molar-refractivity contribution is -0.116. The molecule has 0 aliphatic heterocycles. The van der Waals surface area contributed by atoms with Crippen molar-refractivity contribution in [1.29, 1.82) is 0 Å². The summed E-state index contributed by atoms with van der Waals surface area (Å²) < 4.78 is 0. The van der Waals surface area contributed by atoms with E-state index in [1.807, 2.05) is 72.8 Å². The van der Waals surface area contributed by atoms with Gasteiger partial charge in [0.15, 0.2) is 5.78 Å². The first-order valence-electron chi connectivity index (χ1n) is 13.0. The van der Waals surface area contributed by atoms with E-state index in [0.717, 1.165) is 27.8 Å². The number of hydrogen-bond acceptors (Lipinski definition) is 2. The molecule has 1 atom stereocenters. The van der Waals surface area contributed by atoms with Crippen LogP contribution < -0.4 is 5.32 Å². The van der Waals surface area contributed by atoms with Crippen molar-refractivity contribution in [2.24, 2.45) is 0 Å². The molecular weight excluding hydrogens is 462 g/mol. The molecule has 38 heavy (non-hydrogen) atoms. The van der Waals surface area contributed by atoms with Crippen LogP contribution >= 0.6 is 0 Å². The molecule has 5 aromatic carbocycles. The van der Waals surface area contributed by atoms with Crippen LogP contribution in [0.25, 0.3) is 6.08 Å². The van der Waals surface area contributed by atoms with Crippen LogP contribution in [-0.2, 0) is 16.8 Å². The predicted octanol–water partition coefficient (Wildman–Crippen LogP) is 7.46. The normalized spacial score (nSPS) is 12.3. The molecule has 5 rings (SSSR count). The van der Waals surface area contributed by atoms with Gasteiger partial charge in [-0.05, 0) is 40.3 Å². The van der Waals surface area contributed by atoms with E-state index in [0.29, 0.717) is 6.42 Å². The Morgan fingerprint density at radius 2 is 0.974 bits per heavy atom. The second kappa shape index (κ2) is 12.1. The lowest BCUT2D eigenvalue weighted by atomic mass is 9.76. The highest BCUT2D eigenvalue weighted by Gasteiger charge is 2.39. The zero-order chi connectivity index (χ0) is 26.0. The number of rotatable bonds is 10. The van der Waals surface area contributed by atoms with Gasteiger partial charge in [-0.25, -0.2) is 0 Å². The van der Waals surface area contributed by atoms with Gasteiger partial charge in [-0.1, -0.05) is 158 Å². The first-order chi connectivity index (χ1) is 18.8. The lowest BCUT2D eigenvalue weighted by Crippen LogP contribution is -2.53. The van der Waals surface area contributed by atoms with E-state index >= 15 is 0 Å². The minimum absolute atomic E-state index is 0.0323. The van der Waals surface area contributed by atoms with E-state index in [-0.39, 0.29) is 5.78 Å². The Hall–Kier alpha value is -4.53. The first kappa shape index (κ1) is 25.1. The van der Waals surface area contributed by atoms with Gasteiger partial charge >= 0.3 is 0 Å². The third kappa shape index (κ3) is 5.72. The van der Waals surface area contributed by atoms with Crippen molar-refractivity contribution in [2.75, 3.05) is 0 Å². The Kier molecular flexibility index (Phi) is 8.03. The van der Waals surface area contributed by atoms with Crippen LogP contribution in [0.4, 0.5) is 0 Å². The molecule has 5 aromatic rings. The van der Waals surface area contributed by atoms with Gasteiger partial charge in [0, 0.05) is 0 Å². The number of hydrogen-bond donors (Lipinski definition) is 1. The molecule has 0 bridgehead atoms. The number of carbonyl (C=O) groups is 1. The molecule has 0 aliphatic rings. The molecule has 0 radical (unpaired) electrons. The standard InChI is InChI=1S/C36H31NO/c38-35(27-26-29-16-6-1-7-17-29)34(28-30-18-8-2-9-19-30)37-36(31-20-10-3-11-21-31,32-22-12-4-13-23-32)33-24-14-5-15-25-33/h1-27,34,37H,28H2/t34-/m0/s1. The second-order valence-corrected chi connectivity index (χ2v) is 9.38. The van der Waals surface area contributed by atoms with E-state index in [9.17, 15) is 4.79 Å². The molecular formula is C36H31NO. The summed E-state index contributed by atoms with van der Waals surface area (Å²) in [6.45, 7) is 0. The molecule has 186 valence electrons. The molecule has 0 amide bonds. The molecule has 0 spiro atoms. The molecule has 2 heteroatoms. The van der Waals surface area contributed by atoms with Crippen LogP contribution in [0, 0.1) is 0 Å². The molecule has 0 fully saturated rings. The van der Waals surface area contributed by atoms with Crippen molar-refractivity contribution >= 4 is 11.9 Å². The molecule has 0 heterocycles. The van der Waals surface area contributed by atoms with E-state index < -0.39 is 11.6 Å². The fourth-order valence-electron chi connectivity index (χ4n) is 5.01. The largest absolute Gasteiger partial charge is 0.293 e. The van der Waals surface area contributed by atoms with Gasteiger partial charge in [-0.3, -0.25) is 10.1 Å². The van der Waals surface area contributed by atoms with Crippen LogP contribution in [0.1, 0.15) is 27.8 Å². The molecule has 0 saturated carbocycles. The monoisotopic (exact) mass is 493 g/mol. The average molecular weight is 494 g/mol. The Morgan fingerprint density at radius 1 is 0.579 bits per heavy atom. The highest BCUT2D eigenvalue weighted by molar-refractivity contribution is 5.98. The zero-order valence-electron chi connectivity index (χ0n) is 21.3. The minimum atomic E-state index is -0.737. The van der Waals surface area contributed by atoms with Gasteiger partial charge < -0.3 is 0 Å². The number of nitrogens with one attached hydrogen (secondary N) is 1. The maximum Gasteiger partial charge on any atom is 0.172 e. The summed E-state index contributed by atoms with van der Waals surface area (Å²) in [6.07, 6.45) is 4.17. The maximum atomic E-state index is 13.9.